The smallest absolute Gasteiger partial charge is 0.312 e. The third kappa shape index (κ3) is 5.90. The van der Waals surface area contributed by atoms with Gasteiger partial charge >= 0.3 is 5.91 Å². The van der Waals surface area contributed by atoms with Gasteiger partial charge in [0, 0.05) is 24.5 Å². The Morgan fingerprint density at radius 1 is 1.21 bits per heavy atom. The minimum atomic E-state index is -0.669. The standard InChI is InChI=1S/C21H23F2N3O2/c1-14-5-6-15(2)19(7-14)25-13-26(12-20(28-4)21(27)24-3)11-16-8-17(22)10-18(23)9-16/h5-10,12,25H,3,11,13H2,1-2,4H3/b20-12+. The number of amides is 1. The summed E-state index contributed by atoms with van der Waals surface area (Å²) in [7, 11) is 1.34. The number of aliphatic imine (C=N–C) groups is 1. The molecule has 0 spiro atoms. The van der Waals surface area contributed by atoms with Gasteiger partial charge in [-0.05, 0) is 55.5 Å². The second kappa shape index (κ2) is 9.64. The van der Waals surface area contributed by atoms with Crippen LogP contribution in [0.2, 0.25) is 0 Å². The Morgan fingerprint density at radius 3 is 2.50 bits per heavy atom. The number of aryl methyl sites for hydroxylation is 2. The maximum Gasteiger partial charge on any atom is 0.312 e. The fraction of sp³-hybridized carbons (Fsp3) is 0.238. The number of nitrogens with one attached hydrogen (secondary N) is 1. The molecule has 2 aromatic carbocycles. The minimum absolute atomic E-state index is 0.0327. The van der Waals surface area contributed by atoms with Crippen molar-refractivity contribution in [3.8, 4) is 0 Å². The summed E-state index contributed by atoms with van der Waals surface area (Å²) in [6, 6.07) is 9.27. The zero-order valence-corrected chi connectivity index (χ0v) is 16.1. The summed E-state index contributed by atoms with van der Waals surface area (Å²) in [5, 5.41) is 3.27. The van der Waals surface area contributed by atoms with Gasteiger partial charge in [0.05, 0.1) is 13.8 Å². The van der Waals surface area contributed by atoms with E-state index in [4.69, 9.17) is 4.74 Å². The number of benzene rings is 2. The van der Waals surface area contributed by atoms with Crippen molar-refractivity contribution in [3.63, 3.8) is 0 Å². The lowest BCUT2D eigenvalue weighted by molar-refractivity contribution is -0.117. The van der Waals surface area contributed by atoms with Crippen LogP contribution >= 0.6 is 0 Å². The second-order valence-electron chi connectivity index (χ2n) is 6.34. The number of anilines is 1. The topological polar surface area (TPSA) is 53.9 Å². The lowest BCUT2D eigenvalue weighted by Gasteiger charge is -2.23. The molecule has 0 bridgehead atoms. The minimum Gasteiger partial charge on any atom is -0.490 e. The van der Waals surface area contributed by atoms with Crippen LogP contribution in [-0.2, 0) is 16.1 Å². The van der Waals surface area contributed by atoms with Gasteiger partial charge in [-0.25, -0.2) is 13.8 Å². The monoisotopic (exact) mass is 387 g/mol. The van der Waals surface area contributed by atoms with E-state index in [0.29, 0.717) is 5.56 Å². The van der Waals surface area contributed by atoms with E-state index >= 15 is 0 Å². The summed E-state index contributed by atoms with van der Waals surface area (Å²) in [5.41, 5.74) is 3.45. The molecule has 1 N–H and O–H groups in total. The molecule has 1 amide bonds. The number of carbonyl (C=O) groups excluding carboxylic acids is 1. The van der Waals surface area contributed by atoms with Crippen LogP contribution in [0.4, 0.5) is 14.5 Å². The van der Waals surface area contributed by atoms with Crippen molar-refractivity contribution in [2.45, 2.75) is 20.4 Å². The van der Waals surface area contributed by atoms with E-state index in [9.17, 15) is 13.6 Å². The highest BCUT2D eigenvalue weighted by Gasteiger charge is 2.12. The van der Waals surface area contributed by atoms with Crippen molar-refractivity contribution >= 4 is 18.3 Å². The predicted octanol–water partition coefficient (Wildman–Crippen LogP) is 4.17. The molecular weight excluding hydrogens is 364 g/mol. The molecule has 148 valence electrons. The number of methoxy groups -OCH3 is 1. The molecule has 0 aliphatic carbocycles. The Kier molecular flexibility index (Phi) is 7.26. The van der Waals surface area contributed by atoms with E-state index in [1.54, 1.807) is 4.90 Å². The first kappa shape index (κ1) is 21.1. The van der Waals surface area contributed by atoms with Crippen molar-refractivity contribution in [1.29, 1.82) is 0 Å². The molecule has 0 fully saturated rings. The maximum atomic E-state index is 13.5. The molecule has 0 aliphatic rings. The van der Waals surface area contributed by atoms with Crippen LogP contribution in [0.1, 0.15) is 16.7 Å². The van der Waals surface area contributed by atoms with Gasteiger partial charge in [0.15, 0.2) is 0 Å². The van der Waals surface area contributed by atoms with Gasteiger partial charge in [-0.15, -0.1) is 0 Å². The summed E-state index contributed by atoms with van der Waals surface area (Å²) in [4.78, 5) is 16.8. The molecule has 0 saturated heterocycles. The largest absolute Gasteiger partial charge is 0.490 e. The molecule has 0 aliphatic heterocycles. The van der Waals surface area contributed by atoms with Crippen molar-refractivity contribution in [3.05, 3.63) is 76.7 Å². The average Bonchev–Trinajstić information content (AvgIpc) is 2.64. The Labute approximate surface area is 163 Å². The molecule has 0 heterocycles. The molecule has 0 aromatic heterocycles. The number of hydrogen-bond donors (Lipinski definition) is 1. The van der Waals surface area contributed by atoms with E-state index in [1.807, 2.05) is 32.0 Å². The van der Waals surface area contributed by atoms with Crippen LogP contribution in [-0.4, -0.2) is 31.3 Å². The summed E-state index contributed by atoms with van der Waals surface area (Å²) in [6.07, 6.45) is 1.44. The Morgan fingerprint density at radius 2 is 1.89 bits per heavy atom. The molecule has 0 radical (unpaired) electrons. The Balaban J connectivity index is 2.29. The number of halogens is 2. The van der Waals surface area contributed by atoms with Crippen LogP contribution in [0.25, 0.3) is 0 Å². The average molecular weight is 387 g/mol. The predicted molar refractivity (Wildman–Crippen MR) is 106 cm³/mol. The molecule has 0 atom stereocenters. The molecule has 0 unspecified atom stereocenters. The third-order valence-electron chi connectivity index (χ3n) is 4.05. The van der Waals surface area contributed by atoms with Crippen molar-refractivity contribution in [1.82, 2.24) is 4.90 Å². The highest BCUT2D eigenvalue weighted by Crippen LogP contribution is 2.18. The van der Waals surface area contributed by atoms with Gasteiger partial charge in [-0.3, -0.25) is 4.79 Å². The van der Waals surface area contributed by atoms with E-state index in [-0.39, 0.29) is 19.0 Å². The van der Waals surface area contributed by atoms with Gasteiger partial charge in [0.25, 0.3) is 0 Å². The van der Waals surface area contributed by atoms with Gasteiger partial charge < -0.3 is 15.0 Å². The van der Waals surface area contributed by atoms with Crippen molar-refractivity contribution in [2.75, 3.05) is 19.1 Å². The lowest BCUT2D eigenvalue weighted by Crippen LogP contribution is -2.26. The second-order valence-corrected chi connectivity index (χ2v) is 6.34. The maximum absolute atomic E-state index is 13.5. The highest BCUT2D eigenvalue weighted by atomic mass is 19.1. The fourth-order valence-electron chi connectivity index (χ4n) is 2.64. The first-order valence-electron chi connectivity index (χ1n) is 8.59. The highest BCUT2D eigenvalue weighted by molar-refractivity contribution is 5.94. The van der Waals surface area contributed by atoms with Crippen molar-refractivity contribution in [2.24, 2.45) is 4.99 Å². The molecule has 2 rings (SSSR count). The number of ether oxygens (including phenoxy) is 1. The van der Waals surface area contributed by atoms with Crippen LogP contribution in [0.5, 0.6) is 0 Å². The molecule has 5 nitrogen and oxygen atoms in total. The summed E-state index contributed by atoms with van der Waals surface area (Å²) in [5.74, 6) is -2.01. The molecule has 28 heavy (non-hydrogen) atoms. The SMILES string of the molecule is C=NC(=O)/C(=C\N(CNc1cc(C)ccc1C)Cc1cc(F)cc(F)c1)OC. The van der Waals surface area contributed by atoms with Gasteiger partial charge in [-0.1, -0.05) is 12.1 Å². The third-order valence-corrected chi connectivity index (χ3v) is 4.05. The summed E-state index contributed by atoms with van der Waals surface area (Å²) in [6.45, 7) is 7.56. The first-order valence-corrected chi connectivity index (χ1v) is 8.59. The van der Waals surface area contributed by atoms with E-state index in [0.717, 1.165) is 22.9 Å². The molecule has 0 saturated carbocycles. The van der Waals surface area contributed by atoms with Crippen LogP contribution < -0.4 is 5.32 Å². The molecular formula is C21H23F2N3O2. The number of rotatable bonds is 8. The number of carbonyl (C=O) groups is 1. The van der Waals surface area contributed by atoms with E-state index in [1.165, 1.54) is 25.4 Å². The summed E-state index contributed by atoms with van der Waals surface area (Å²) < 4.78 is 32.2. The van der Waals surface area contributed by atoms with E-state index < -0.39 is 17.5 Å². The lowest BCUT2D eigenvalue weighted by atomic mass is 10.1. The number of hydrogen-bond acceptors (Lipinski definition) is 4. The zero-order chi connectivity index (χ0) is 20.7. The van der Waals surface area contributed by atoms with Gasteiger partial charge in [0.2, 0.25) is 5.76 Å². The summed E-state index contributed by atoms with van der Waals surface area (Å²) >= 11 is 0. The fourth-order valence-corrected chi connectivity index (χ4v) is 2.64. The van der Waals surface area contributed by atoms with Crippen LogP contribution in [0.15, 0.2) is 53.3 Å². The Bertz CT molecular complexity index is 877. The zero-order valence-electron chi connectivity index (χ0n) is 16.1. The number of nitrogens with zero attached hydrogens (tertiary/aromatic N) is 2. The van der Waals surface area contributed by atoms with E-state index in [2.05, 4.69) is 17.0 Å². The molecule has 7 heteroatoms. The first-order chi connectivity index (χ1) is 13.3. The Hall–Kier alpha value is -3.22. The van der Waals surface area contributed by atoms with Gasteiger partial charge in [0.1, 0.15) is 11.6 Å². The van der Waals surface area contributed by atoms with Gasteiger partial charge in [-0.2, -0.15) is 0 Å². The van der Waals surface area contributed by atoms with Crippen LogP contribution in [0.3, 0.4) is 0 Å². The van der Waals surface area contributed by atoms with Crippen molar-refractivity contribution < 1.29 is 18.3 Å². The quantitative estimate of drug-likeness (QED) is 0.320. The van der Waals surface area contributed by atoms with Crippen LogP contribution in [0, 0.1) is 25.5 Å². The normalized spacial score (nSPS) is 11.1. The molecule has 2 aromatic rings.